The number of fused-ring (bicyclic) bond motifs is 1. The van der Waals surface area contributed by atoms with Gasteiger partial charge in [-0.3, -0.25) is 9.59 Å². The number of hydrogen-bond acceptors (Lipinski definition) is 7. The maximum Gasteiger partial charge on any atom is 0.277 e. The Balaban J connectivity index is 1.37. The van der Waals surface area contributed by atoms with Gasteiger partial charge in [-0.05, 0) is 29.8 Å². The van der Waals surface area contributed by atoms with E-state index in [1.165, 1.54) is 22.9 Å². The predicted octanol–water partition coefficient (Wildman–Crippen LogP) is 5.02. The van der Waals surface area contributed by atoms with Crippen molar-refractivity contribution in [2.24, 2.45) is 0 Å². The molecule has 0 unspecified atom stereocenters. The highest BCUT2D eigenvalue weighted by molar-refractivity contribution is 7.99. The molecule has 1 amide bonds. The molecule has 2 aromatic heterocycles. The standard InChI is InChI=1S/C25H17ClFN5O3S/c26-19-12-16(10-11-20(19)27)28-21(33)14-36-25-30-29-23(35-25)22-17-8-4-5-9-18(17)24(34)32(31-22)13-15-6-2-1-3-7-15/h1-12H,13-14H2,(H,28,33). The van der Waals surface area contributed by atoms with Gasteiger partial charge in [0, 0.05) is 11.1 Å². The average molecular weight is 522 g/mol. The molecule has 0 spiro atoms. The number of thioether (sulfide) groups is 1. The van der Waals surface area contributed by atoms with Crippen LogP contribution in [0.15, 0.2) is 87.2 Å². The van der Waals surface area contributed by atoms with Gasteiger partial charge < -0.3 is 9.73 Å². The first-order valence-electron chi connectivity index (χ1n) is 10.7. The number of rotatable bonds is 7. The molecule has 5 aromatic rings. The van der Waals surface area contributed by atoms with E-state index in [2.05, 4.69) is 20.6 Å². The number of nitrogens with zero attached hydrogens (tertiary/aromatic N) is 4. The summed E-state index contributed by atoms with van der Waals surface area (Å²) < 4.78 is 20.4. The third kappa shape index (κ3) is 5.14. The number of carbonyl (C=O) groups is 1. The molecular weight excluding hydrogens is 505 g/mol. The highest BCUT2D eigenvalue weighted by Gasteiger charge is 2.18. The first kappa shape index (κ1) is 23.7. The summed E-state index contributed by atoms with van der Waals surface area (Å²) >= 11 is 6.78. The molecule has 0 bridgehead atoms. The molecule has 0 aliphatic rings. The van der Waals surface area contributed by atoms with Crippen LogP contribution in [0.4, 0.5) is 10.1 Å². The van der Waals surface area contributed by atoms with Crippen LogP contribution >= 0.6 is 23.4 Å². The molecule has 0 aliphatic carbocycles. The fourth-order valence-corrected chi connectivity index (χ4v) is 4.26. The first-order valence-corrected chi connectivity index (χ1v) is 12.1. The summed E-state index contributed by atoms with van der Waals surface area (Å²) in [5, 5.41) is 16.4. The van der Waals surface area contributed by atoms with Crippen LogP contribution in [0.5, 0.6) is 0 Å². The normalized spacial score (nSPS) is 11.1. The quantitative estimate of drug-likeness (QED) is 0.300. The summed E-state index contributed by atoms with van der Waals surface area (Å²) in [7, 11) is 0. The Morgan fingerprint density at radius 2 is 1.78 bits per heavy atom. The number of nitrogens with one attached hydrogen (secondary N) is 1. The van der Waals surface area contributed by atoms with E-state index in [0.717, 1.165) is 17.3 Å². The fourth-order valence-electron chi connectivity index (χ4n) is 3.52. The van der Waals surface area contributed by atoms with Crippen molar-refractivity contribution in [3.8, 4) is 11.6 Å². The van der Waals surface area contributed by atoms with Gasteiger partial charge in [-0.2, -0.15) is 5.10 Å². The second-order valence-corrected chi connectivity index (χ2v) is 9.02. The van der Waals surface area contributed by atoms with Crippen molar-refractivity contribution < 1.29 is 13.6 Å². The molecule has 0 radical (unpaired) electrons. The average Bonchev–Trinajstić information content (AvgIpc) is 3.36. The number of halogens is 2. The smallest absolute Gasteiger partial charge is 0.277 e. The van der Waals surface area contributed by atoms with Crippen molar-refractivity contribution in [3.63, 3.8) is 0 Å². The minimum atomic E-state index is -0.571. The summed E-state index contributed by atoms with van der Waals surface area (Å²) in [5.74, 6) is -0.833. The summed E-state index contributed by atoms with van der Waals surface area (Å²) in [6, 6.07) is 20.5. The van der Waals surface area contributed by atoms with E-state index in [1.807, 2.05) is 30.3 Å². The zero-order valence-electron chi connectivity index (χ0n) is 18.5. The third-order valence-corrected chi connectivity index (χ3v) is 6.29. The summed E-state index contributed by atoms with van der Waals surface area (Å²) in [4.78, 5) is 25.3. The fraction of sp³-hybridized carbons (Fsp3) is 0.0800. The van der Waals surface area contributed by atoms with Gasteiger partial charge in [0.2, 0.25) is 5.91 Å². The van der Waals surface area contributed by atoms with Crippen LogP contribution in [0, 0.1) is 5.82 Å². The minimum absolute atomic E-state index is 0.0295. The van der Waals surface area contributed by atoms with Gasteiger partial charge in [0.1, 0.15) is 5.82 Å². The van der Waals surface area contributed by atoms with Gasteiger partial charge in [-0.15, -0.1) is 10.2 Å². The van der Waals surface area contributed by atoms with E-state index in [9.17, 15) is 14.0 Å². The van der Waals surface area contributed by atoms with E-state index < -0.39 is 5.82 Å². The molecule has 1 N–H and O–H groups in total. The lowest BCUT2D eigenvalue weighted by atomic mass is 10.1. The van der Waals surface area contributed by atoms with E-state index in [4.69, 9.17) is 16.0 Å². The molecule has 0 atom stereocenters. The van der Waals surface area contributed by atoms with E-state index in [1.54, 1.807) is 24.3 Å². The topological polar surface area (TPSA) is 103 Å². The zero-order valence-corrected chi connectivity index (χ0v) is 20.1. The predicted molar refractivity (Wildman–Crippen MR) is 136 cm³/mol. The second-order valence-electron chi connectivity index (χ2n) is 7.68. The van der Waals surface area contributed by atoms with Crippen LogP contribution in [0.25, 0.3) is 22.4 Å². The number of aromatic nitrogens is 4. The van der Waals surface area contributed by atoms with Gasteiger partial charge in [-0.25, -0.2) is 9.07 Å². The molecule has 0 saturated carbocycles. The molecule has 180 valence electrons. The Morgan fingerprint density at radius 1 is 1.03 bits per heavy atom. The number of hydrogen-bond donors (Lipinski definition) is 1. The van der Waals surface area contributed by atoms with Gasteiger partial charge >= 0.3 is 0 Å². The van der Waals surface area contributed by atoms with Crippen molar-refractivity contribution in [2.75, 3.05) is 11.1 Å². The third-order valence-electron chi connectivity index (χ3n) is 5.18. The Morgan fingerprint density at radius 3 is 2.56 bits per heavy atom. The zero-order chi connectivity index (χ0) is 25.1. The molecule has 3 aromatic carbocycles. The van der Waals surface area contributed by atoms with Crippen LogP contribution in [0.1, 0.15) is 5.56 Å². The lowest BCUT2D eigenvalue weighted by molar-refractivity contribution is -0.113. The largest absolute Gasteiger partial charge is 0.409 e. The molecule has 11 heteroatoms. The number of carbonyl (C=O) groups excluding carboxylic acids is 1. The van der Waals surface area contributed by atoms with E-state index >= 15 is 0 Å². The van der Waals surface area contributed by atoms with Crippen molar-refractivity contribution in [1.29, 1.82) is 0 Å². The lowest BCUT2D eigenvalue weighted by Gasteiger charge is -2.09. The Labute approximate surface area is 213 Å². The van der Waals surface area contributed by atoms with Gasteiger partial charge in [0.05, 0.1) is 22.7 Å². The monoisotopic (exact) mass is 521 g/mol. The second kappa shape index (κ2) is 10.3. The number of benzene rings is 3. The van der Waals surface area contributed by atoms with Crippen LogP contribution in [-0.2, 0) is 11.3 Å². The SMILES string of the molecule is O=C(CSc1nnc(-c2nn(Cc3ccccc3)c(=O)c3ccccc23)o1)Nc1ccc(F)c(Cl)c1. The van der Waals surface area contributed by atoms with Crippen LogP contribution in [-0.4, -0.2) is 31.6 Å². The number of amides is 1. The molecule has 2 heterocycles. The minimum Gasteiger partial charge on any atom is -0.409 e. The van der Waals surface area contributed by atoms with Crippen LogP contribution in [0.2, 0.25) is 5.02 Å². The summed E-state index contributed by atoms with van der Waals surface area (Å²) in [5.41, 5.74) is 1.42. The van der Waals surface area contributed by atoms with Gasteiger partial charge in [0.25, 0.3) is 16.7 Å². The van der Waals surface area contributed by atoms with Crippen molar-refractivity contribution in [1.82, 2.24) is 20.0 Å². The maximum atomic E-state index is 13.3. The Hall–Kier alpha value is -4.02. The Bertz CT molecular complexity index is 1620. The van der Waals surface area contributed by atoms with Crippen molar-refractivity contribution in [2.45, 2.75) is 11.8 Å². The van der Waals surface area contributed by atoms with E-state index in [-0.39, 0.29) is 39.9 Å². The summed E-state index contributed by atoms with van der Waals surface area (Å²) in [6.45, 7) is 0.279. The summed E-state index contributed by atoms with van der Waals surface area (Å²) in [6.07, 6.45) is 0. The van der Waals surface area contributed by atoms with Crippen LogP contribution in [0.3, 0.4) is 0 Å². The molecule has 5 rings (SSSR count). The molecular formula is C25H17ClFN5O3S. The number of anilines is 1. The van der Waals surface area contributed by atoms with Crippen molar-refractivity contribution >= 4 is 45.7 Å². The van der Waals surface area contributed by atoms with Crippen molar-refractivity contribution in [3.05, 3.63) is 99.6 Å². The highest BCUT2D eigenvalue weighted by atomic mass is 35.5. The molecule has 0 aliphatic heterocycles. The van der Waals surface area contributed by atoms with Gasteiger partial charge in [-0.1, -0.05) is 71.9 Å². The van der Waals surface area contributed by atoms with Gasteiger partial charge in [0.15, 0.2) is 5.69 Å². The maximum absolute atomic E-state index is 13.3. The lowest BCUT2D eigenvalue weighted by Crippen LogP contribution is -2.24. The first-order chi connectivity index (χ1) is 17.5. The van der Waals surface area contributed by atoms with E-state index in [0.29, 0.717) is 22.2 Å². The molecule has 8 nitrogen and oxygen atoms in total. The van der Waals surface area contributed by atoms with Crippen LogP contribution < -0.4 is 10.9 Å². The molecule has 0 fully saturated rings. The highest BCUT2D eigenvalue weighted by Crippen LogP contribution is 2.27. The molecule has 36 heavy (non-hydrogen) atoms. The molecule has 0 saturated heterocycles. The Kier molecular flexibility index (Phi) is 6.79.